The summed E-state index contributed by atoms with van der Waals surface area (Å²) in [7, 11) is 0. The molecule has 3 aliphatic rings. The van der Waals surface area contributed by atoms with Crippen LogP contribution in [0.1, 0.15) is 79.6 Å². The number of nitrogens with zero attached hydrogens (tertiary/aromatic N) is 1. The number of terminal acetylenes is 2. The molecule has 0 aromatic carbocycles. The minimum absolute atomic E-state index is 0.0410. The van der Waals surface area contributed by atoms with Crippen molar-refractivity contribution in [2.45, 2.75) is 103 Å². The second-order valence-electron chi connectivity index (χ2n) is 14.4. The third kappa shape index (κ3) is 8.53. The van der Waals surface area contributed by atoms with Gasteiger partial charge in [-0.1, -0.05) is 71.0 Å². The lowest BCUT2D eigenvalue weighted by molar-refractivity contribution is -0.145. The highest BCUT2D eigenvalue weighted by molar-refractivity contribution is 7.90. The van der Waals surface area contributed by atoms with Crippen LogP contribution in [-0.2, 0) is 30.4 Å². The van der Waals surface area contributed by atoms with Crippen LogP contribution in [0.3, 0.4) is 0 Å². The zero-order chi connectivity index (χ0) is 33.7. The zero-order valence-corrected chi connectivity index (χ0v) is 28.2. The summed E-state index contributed by atoms with van der Waals surface area (Å²) >= 11 is -1.12. The average Bonchev–Trinajstić information content (AvgIpc) is 3.27. The monoisotopic (exact) mass is 643 g/mol. The van der Waals surface area contributed by atoms with Crippen LogP contribution < -0.4 is 21.3 Å². The molecule has 0 aromatic rings. The molecule has 0 radical (unpaired) electrons. The number of hydrogen-bond acceptors (Lipinski definition) is 6. The lowest BCUT2D eigenvalue weighted by atomic mass is 9.83. The number of ketones is 1. The van der Waals surface area contributed by atoms with Crippen LogP contribution in [-0.4, -0.2) is 87.8 Å². The summed E-state index contributed by atoms with van der Waals surface area (Å²) in [6.45, 7) is 9.76. The van der Waals surface area contributed by atoms with E-state index in [-0.39, 0.29) is 36.6 Å². The second kappa shape index (κ2) is 14.5. The second-order valence-corrected chi connectivity index (χ2v) is 15.8. The normalized spacial score (nSPS) is 24.8. The van der Waals surface area contributed by atoms with Crippen LogP contribution in [0.15, 0.2) is 0 Å². The Morgan fingerprint density at radius 2 is 1.69 bits per heavy atom. The molecule has 248 valence electrons. The van der Waals surface area contributed by atoms with Crippen molar-refractivity contribution in [2.24, 2.45) is 22.7 Å². The highest BCUT2D eigenvalue weighted by Gasteiger charge is 2.70. The van der Waals surface area contributed by atoms with Crippen LogP contribution in [0.25, 0.3) is 0 Å². The Bertz CT molecular complexity index is 1240. The lowest BCUT2D eigenvalue weighted by Crippen LogP contribution is -2.63. The van der Waals surface area contributed by atoms with E-state index in [9.17, 15) is 28.5 Å². The van der Waals surface area contributed by atoms with Crippen LogP contribution >= 0.6 is 0 Å². The van der Waals surface area contributed by atoms with Gasteiger partial charge in [-0.15, -0.1) is 18.8 Å². The number of carbonyl (C=O) groups excluding carboxylic acids is 5. The highest BCUT2D eigenvalue weighted by Crippen LogP contribution is 2.65. The van der Waals surface area contributed by atoms with Crippen molar-refractivity contribution in [1.29, 1.82) is 0 Å². The third-order valence-electron chi connectivity index (χ3n) is 9.60. The minimum atomic E-state index is -1.19. The standard InChI is InChI=1S/C33H49N5O6S/c1-9-11-15-22(25(39)28(41)34-18-10-2)35-27(40)24-23-21(32(23,6)7)19-38(24)29(42)26(31(3,4)5)36-30(43)37-33(20-45(8)44)16-13-12-14-17-33/h1-2,21-24,26H,11-20H2,3-8H3,(H,34,41)(H,35,40)(H2,36,37,43)/t21-,22?,23-,24-,26+,45?/m0/s1. The van der Waals surface area contributed by atoms with Gasteiger partial charge >= 0.3 is 6.03 Å². The maximum Gasteiger partial charge on any atom is 0.316 e. The fraction of sp³-hybridized carbons (Fsp3) is 0.727. The van der Waals surface area contributed by atoms with Crippen LogP contribution in [0.4, 0.5) is 4.79 Å². The van der Waals surface area contributed by atoms with E-state index in [1.807, 2.05) is 34.6 Å². The van der Waals surface area contributed by atoms with Crippen molar-refractivity contribution in [3.8, 4) is 24.7 Å². The fourth-order valence-electron chi connectivity index (χ4n) is 7.09. The summed E-state index contributed by atoms with van der Waals surface area (Å²) in [6, 6.07) is -3.59. The van der Waals surface area contributed by atoms with E-state index in [1.165, 1.54) is 4.90 Å². The molecule has 11 nitrogen and oxygen atoms in total. The SMILES string of the molecule is C#CCCC(NC(=O)[C@@H]1[C@@H]2[C@H](CN1C(=O)[C@@H](NC(=O)NC1(C[S+](C)[O-])CCCCC1)C(C)(C)C)C2(C)C)C(=O)C(=O)NCC#C. The fourth-order valence-corrected chi connectivity index (χ4v) is 8.23. The number of fused-ring (bicyclic) bond motifs is 1. The number of nitrogens with one attached hydrogen (secondary N) is 4. The molecule has 1 aliphatic heterocycles. The highest BCUT2D eigenvalue weighted by atomic mass is 32.2. The number of likely N-dealkylation sites (tertiary alicyclic amines) is 1. The van der Waals surface area contributed by atoms with Crippen molar-refractivity contribution >= 4 is 40.7 Å². The lowest BCUT2D eigenvalue weighted by Gasteiger charge is -2.40. The molecule has 45 heavy (non-hydrogen) atoms. The third-order valence-corrected chi connectivity index (χ3v) is 10.6. The number of amides is 5. The Kier molecular flexibility index (Phi) is 11.7. The van der Waals surface area contributed by atoms with Gasteiger partial charge in [0.05, 0.1) is 24.4 Å². The predicted octanol–water partition coefficient (Wildman–Crippen LogP) is 1.48. The van der Waals surface area contributed by atoms with Crippen LogP contribution in [0, 0.1) is 47.4 Å². The molecule has 5 amide bonds. The largest absolute Gasteiger partial charge is 0.616 e. The van der Waals surface area contributed by atoms with Gasteiger partial charge in [-0.25, -0.2) is 4.79 Å². The van der Waals surface area contributed by atoms with E-state index in [0.717, 1.165) is 19.3 Å². The predicted molar refractivity (Wildman–Crippen MR) is 173 cm³/mol. The number of piperidine rings is 1. The van der Waals surface area contributed by atoms with Crippen LogP contribution in [0.5, 0.6) is 0 Å². The molecule has 0 spiro atoms. The average molecular weight is 644 g/mol. The summed E-state index contributed by atoms with van der Waals surface area (Å²) in [5.74, 6) is 2.13. The quantitative estimate of drug-likeness (QED) is 0.143. The number of carbonyl (C=O) groups is 5. The van der Waals surface area contributed by atoms with E-state index in [4.69, 9.17) is 12.8 Å². The van der Waals surface area contributed by atoms with E-state index >= 15 is 0 Å². The zero-order valence-electron chi connectivity index (χ0n) is 27.4. The van der Waals surface area contributed by atoms with Gasteiger partial charge in [0.15, 0.2) is 0 Å². The Labute approximate surface area is 270 Å². The van der Waals surface area contributed by atoms with Crippen molar-refractivity contribution in [1.82, 2.24) is 26.2 Å². The van der Waals surface area contributed by atoms with Gasteiger partial charge in [-0.3, -0.25) is 19.2 Å². The van der Waals surface area contributed by atoms with Gasteiger partial charge in [-0.2, -0.15) is 0 Å². The minimum Gasteiger partial charge on any atom is -0.616 e. The summed E-state index contributed by atoms with van der Waals surface area (Å²) < 4.78 is 12.2. The number of hydrogen-bond donors (Lipinski definition) is 4. The van der Waals surface area contributed by atoms with Gasteiger partial charge in [0, 0.05) is 13.0 Å². The number of urea groups is 1. The number of Topliss-reactive ketones (excluding diaryl/α,β-unsaturated/α-hetero) is 1. The van der Waals surface area contributed by atoms with E-state index in [2.05, 4.69) is 33.1 Å². The molecule has 0 bridgehead atoms. The summed E-state index contributed by atoms with van der Waals surface area (Å²) in [5.41, 5.74) is -1.54. The smallest absolute Gasteiger partial charge is 0.316 e. The molecule has 1 heterocycles. The van der Waals surface area contributed by atoms with Gasteiger partial charge < -0.3 is 30.7 Å². The molecule has 6 atom stereocenters. The summed E-state index contributed by atoms with van der Waals surface area (Å²) in [4.78, 5) is 68.5. The van der Waals surface area contributed by atoms with Crippen LogP contribution in [0.2, 0.25) is 0 Å². The van der Waals surface area contributed by atoms with Gasteiger partial charge in [0.25, 0.3) is 5.91 Å². The van der Waals surface area contributed by atoms with Gasteiger partial charge in [-0.05, 0) is 41.9 Å². The molecule has 4 N–H and O–H groups in total. The van der Waals surface area contributed by atoms with E-state index in [0.29, 0.717) is 25.1 Å². The van der Waals surface area contributed by atoms with Crippen molar-refractivity contribution in [3.05, 3.63) is 0 Å². The topological polar surface area (TPSA) is 160 Å². The first-order valence-electron chi connectivity index (χ1n) is 15.7. The van der Waals surface area contributed by atoms with Gasteiger partial charge in [0.1, 0.15) is 17.8 Å². The first-order valence-corrected chi connectivity index (χ1v) is 17.4. The maximum atomic E-state index is 14.3. The van der Waals surface area contributed by atoms with Crippen molar-refractivity contribution < 1.29 is 28.5 Å². The van der Waals surface area contributed by atoms with E-state index in [1.54, 1.807) is 6.26 Å². The molecule has 2 aliphatic carbocycles. The first kappa shape index (κ1) is 36.3. The Balaban J connectivity index is 1.83. The first-order chi connectivity index (χ1) is 21.0. The van der Waals surface area contributed by atoms with Crippen molar-refractivity contribution in [2.75, 3.05) is 25.1 Å². The molecule has 0 aromatic heterocycles. The Morgan fingerprint density at radius 3 is 2.24 bits per heavy atom. The molecule has 2 unspecified atom stereocenters. The molecular formula is C33H49N5O6S. The molecule has 2 saturated carbocycles. The molecule has 12 heteroatoms. The van der Waals surface area contributed by atoms with Gasteiger partial charge in [0.2, 0.25) is 17.6 Å². The summed E-state index contributed by atoms with van der Waals surface area (Å²) in [6.07, 6.45) is 16.7. The van der Waals surface area contributed by atoms with E-state index < -0.39 is 69.8 Å². The number of rotatable bonds is 12. The maximum absolute atomic E-state index is 14.3. The molecule has 3 rings (SSSR count). The Morgan fingerprint density at radius 1 is 1.04 bits per heavy atom. The molecule has 3 fully saturated rings. The molecule has 1 saturated heterocycles. The summed E-state index contributed by atoms with van der Waals surface area (Å²) in [5, 5.41) is 11.0. The molecular weight excluding hydrogens is 594 g/mol. The Hall–Kier alpha value is -3.22. The van der Waals surface area contributed by atoms with Crippen molar-refractivity contribution in [3.63, 3.8) is 0 Å².